The maximum absolute atomic E-state index is 12.9. The molecule has 0 aliphatic heterocycles. The van der Waals surface area contributed by atoms with Crippen LogP contribution in [0.4, 0.5) is 0 Å². The summed E-state index contributed by atoms with van der Waals surface area (Å²) < 4.78 is 16.8. The summed E-state index contributed by atoms with van der Waals surface area (Å²) in [6.45, 7) is 6.31. The van der Waals surface area contributed by atoms with E-state index in [2.05, 4.69) is 167 Å². The van der Waals surface area contributed by atoms with E-state index < -0.39 is 6.10 Å². The van der Waals surface area contributed by atoms with Crippen molar-refractivity contribution < 1.29 is 28.6 Å². The molecular weight excluding hydrogens is 1010 g/mol. The third kappa shape index (κ3) is 66.1. The molecule has 0 fully saturated rings. The van der Waals surface area contributed by atoms with Gasteiger partial charge in [0.2, 0.25) is 0 Å². The van der Waals surface area contributed by atoms with Crippen molar-refractivity contribution in [3.8, 4) is 0 Å². The average Bonchev–Trinajstić information content (AvgIpc) is 3.47. The predicted molar refractivity (Wildman–Crippen MR) is 357 cm³/mol. The number of rotatable bonds is 60. The number of ether oxygens (including phenoxy) is 3. The predicted octanol–water partition coefficient (Wildman–Crippen LogP) is 23.5. The molecule has 0 aliphatic rings. The van der Waals surface area contributed by atoms with Crippen LogP contribution in [0.3, 0.4) is 0 Å². The van der Waals surface area contributed by atoms with Crippen molar-refractivity contribution in [2.45, 2.75) is 303 Å². The second kappa shape index (κ2) is 68.8. The van der Waals surface area contributed by atoms with Crippen molar-refractivity contribution in [2.75, 3.05) is 13.2 Å². The van der Waals surface area contributed by atoms with Crippen LogP contribution in [-0.4, -0.2) is 37.2 Å². The molecule has 0 heterocycles. The first-order valence-corrected chi connectivity index (χ1v) is 33.8. The van der Waals surface area contributed by atoms with E-state index in [0.29, 0.717) is 19.3 Å². The molecule has 0 saturated heterocycles. The monoisotopic (exact) mass is 1130 g/mol. The van der Waals surface area contributed by atoms with Gasteiger partial charge in [0.1, 0.15) is 13.2 Å². The number of carbonyl (C=O) groups excluding carboxylic acids is 3. The van der Waals surface area contributed by atoms with Gasteiger partial charge in [-0.3, -0.25) is 14.4 Å². The maximum atomic E-state index is 12.9. The van der Waals surface area contributed by atoms with Crippen LogP contribution in [0.25, 0.3) is 0 Å². The molecule has 82 heavy (non-hydrogen) atoms. The zero-order chi connectivity index (χ0) is 59.2. The van der Waals surface area contributed by atoms with Crippen molar-refractivity contribution in [3.63, 3.8) is 0 Å². The summed E-state index contributed by atoms with van der Waals surface area (Å²) in [4.78, 5) is 38.3. The molecule has 464 valence electrons. The Morgan fingerprint density at radius 1 is 0.256 bits per heavy atom. The van der Waals surface area contributed by atoms with Crippen LogP contribution in [0.15, 0.2) is 146 Å². The normalized spacial score (nSPS) is 13.1. The smallest absolute Gasteiger partial charge is 0.306 e. The molecule has 6 heteroatoms. The Bertz CT molecular complexity index is 1780. The van der Waals surface area contributed by atoms with Gasteiger partial charge in [0.05, 0.1) is 0 Å². The first-order valence-electron chi connectivity index (χ1n) is 33.8. The van der Waals surface area contributed by atoms with Crippen molar-refractivity contribution in [1.29, 1.82) is 0 Å². The lowest BCUT2D eigenvalue weighted by Crippen LogP contribution is -2.30. The third-order valence-electron chi connectivity index (χ3n) is 14.0. The minimum Gasteiger partial charge on any atom is -0.462 e. The lowest BCUT2D eigenvalue weighted by molar-refractivity contribution is -0.167. The molecule has 1 unspecified atom stereocenters. The first-order chi connectivity index (χ1) is 40.5. The van der Waals surface area contributed by atoms with E-state index in [9.17, 15) is 14.4 Å². The zero-order valence-corrected chi connectivity index (χ0v) is 53.2. The van der Waals surface area contributed by atoms with E-state index in [1.165, 1.54) is 116 Å². The van der Waals surface area contributed by atoms with Gasteiger partial charge in [0, 0.05) is 19.3 Å². The molecule has 0 spiro atoms. The van der Waals surface area contributed by atoms with E-state index in [0.717, 1.165) is 135 Å². The SMILES string of the molecule is CC/C=C\C/C=C\C/C=C\C/C=C\C/C=C\C/C=C\C/C=C\CCCC(=O)OC(COC(=O)CCCCCCC/C=C\CCC)COC(=O)CCCCCCCCCCCCCCCCCCCC/C=C\C/C=C\C/C=C\C/C=C\CC. The minimum atomic E-state index is -0.817. The number of carbonyl (C=O) groups is 3. The summed E-state index contributed by atoms with van der Waals surface area (Å²) in [6.07, 6.45) is 98.9. The van der Waals surface area contributed by atoms with Crippen LogP contribution < -0.4 is 0 Å². The van der Waals surface area contributed by atoms with Crippen LogP contribution in [0.5, 0.6) is 0 Å². The molecule has 0 amide bonds. The maximum Gasteiger partial charge on any atom is 0.306 e. The molecule has 0 aromatic carbocycles. The van der Waals surface area contributed by atoms with E-state index in [1.807, 2.05) is 0 Å². The highest BCUT2D eigenvalue weighted by Gasteiger charge is 2.19. The van der Waals surface area contributed by atoms with E-state index >= 15 is 0 Å². The van der Waals surface area contributed by atoms with E-state index in [4.69, 9.17) is 14.2 Å². The molecule has 0 saturated carbocycles. The van der Waals surface area contributed by atoms with Gasteiger partial charge in [-0.2, -0.15) is 0 Å². The van der Waals surface area contributed by atoms with Gasteiger partial charge in [-0.05, 0) is 128 Å². The Hall–Kier alpha value is -4.71. The highest BCUT2D eigenvalue weighted by molar-refractivity contribution is 5.71. The Labute approximate surface area is 506 Å². The third-order valence-corrected chi connectivity index (χ3v) is 14.0. The number of allylic oxidation sites excluding steroid dienone is 24. The molecule has 0 aromatic heterocycles. The van der Waals surface area contributed by atoms with Crippen molar-refractivity contribution in [3.05, 3.63) is 146 Å². The molecule has 0 N–H and O–H groups in total. The molecule has 0 radical (unpaired) electrons. The van der Waals surface area contributed by atoms with Gasteiger partial charge in [0.25, 0.3) is 0 Å². The quantitative estimate of drug-likeness (QED) is 0.0261. The first kappa shape index (κ1) is 77.3. The van der Waals surface area contributed by atoms with Gasteiger partial charge in [-0.1, -0.05) is 295 Å². The molecule has 0 rings (SSSR count). The largest absolute Gasteiger partial charge is 0.462 e. The Kier molecular flexibility index (Phi) is 64.8. The van der Waals surface area contributed by atoms with Crippen molar-refractivity contribution in [1.82, 2.24) is 0 Å². The summed E-state index contributed by atoms with van der Waals surface area (Å²) in [5.41, 5.74) is 0. The Balaban J connectivity index is 4.26. The molecule has 0 aliphatic carbocycles. The number of unbranched alkanes of at least 4 members (excludes halogenated alkanes) is 25. The highest BCUT2D eigenvalue weighted by atomic mass is 16.6. The van der Waals surface area contributed by atoms with Crippen molar-refractivity contribution in [2.24, 2.45) is 0 Å². The molecule has 6 nitrogen and oxygen atoms in total. The lowest BCUT2D eigenvalue weighted by Gasteiger charge is -2.18. The number of esters is 3. The second-order valence-electron chi connectivity index (χ2n) is 22.0. The summed E-state index contributed by atoms with van der Waals surface area (Å²) in [5.74, 6) is -0.975. The molecule has 0 aromatic rings. The van der Waals surface area contributed by atoms with Crippen molar-refractivity contribution >= 4 is 17.9 Å². The summed E-state index contributed by atoms with van der Waals surface area (Å²) in [6, 6.07) is 0. The highest BCUT2D eigenvalue weighted by Crippen LogP contribution is 2.16. The van der Waals surface area contributed by atoms with Crippen LogP contribution in [0.1, 0.15) is 297 Å². The fraction of sp³-hybridized carbons (Fsp3) is 0.645. The van der Waals surface area contributed by atoms with Crippen LogP contribution in [0, 0.1) is 0 Å². The van der Waals surface area contributed by atoms with Gasteiger partial charge >= 0.3 is 17.9 Å². The lowest BCUT2D eigenvalue weighted by atomic mass is 10.0. The van der Waals surface area contributed by atoms with Gasteiger partial charge in [0.15, 0.2) is 6.10 Å². The fourth-order valence-corrected chi connectivity index (χ4v) is 9.07. The van der Waals surface area contributed by atoms with Gasteiger partial charge < -0.3 is 14.2 Å². The molecular formula is C76H124O6. The topological polar surface area (TPSA) is 78.9 Å². The fourth-order valence-electron chi connectivity index (χ4n) is 9.07. The summed E-state index contributed by atoms with van der Waals surface area (Å²) in [7, 11) is 0. The van der Waals surface area contributed by atoms with Crippen LogP contribution >= 0.6 is 0 Å². The summed E-state index contributed by atoms with van der Waals surface area (Å²) >= 11 is 0. The minimum absolute atomic E-state index is 0.106. The average molecular weight is 1130 g/mol. The van der Waals surface area contributed by atoms with Gasteiger partial charge in [-0.25, -0.2) is 0 Å². The van der Waals surface area contributed by atoms with E-state index in [-0.39, 0.29) is 37.5 Å². The standard InChI is InChI=1S/C76H124O6/c1-4-7-10-13-16-19-22-24-26-28-30-32-34-35-36-37-38-39-40-41-43-44-46-48-50-52-54-57-60-63-66-69-75(78)81-72-73(71-80-74(77)68-65-62-59-56-21-18-15-12-9-6-3)82-76(79)70-67-64-61-58-55-53-51-49-47-45-42-33-31-29-27-25-23-20-17-14-11-8-5-2/h7-8,10-12,15-17,19-20,24-27,30-33,45,47,51,53,58,61,73H,4-6,9,13-14,18,21-23,28-29,34-44,46,48-50,52,54-57,59-60,62-72H2,1-3H3/b10-7-,11-8-,15-12-,19-16-,20-17-,26-24-,27-25-,32-30-,33-31-,47-45-,53-51-,61-58-. The number of hydrogen-bond acceptors (Lipinski definition) is 6. The molecule has 1 atom stereocenters. The Morgan fingerprint density at radius 2 is 0.488 bits per heavy atom. The second-order valence-corrected chi connectivity index (χ2v) is 22.0. The summed E-state index contributed by atoms with van der Waals surface area (Å²) in [5, 5.41) is 0. The van der Waals surface area contributed by atoms with Gasteiger partial charge in [-0.15, -0.1) is 0 Å². The number of hydrogen-bond donors (Lipinski definition) is 0. The van der Waals surface area contributed by atoms with Crippen LogP contribution in [-0.2, 0) is 28.6 Å². The van der Waals surface area contributed by atoms with E-state index in [1.54, 1.807) is 0 Å². The van der Waals surface area contributed by atoms with Crippen LogP contribution in [0.2, 0.25) is 0 Å². The molecule has 0 bridgehead atoms. The Morgan fingerprint density at radius 3 is 0.793 bits per heavy atom. The zero-order valence-electron chi connectivity index (χ0n) is 53.2.